The van der Waals surface area contributed by atoms with E-state index in [1.165, 1.54) is 12.8 Å². The molecular formula is C23H31ClN4O4. The first-order valence-corrected chi connectivity index (χ1v) is 11.5. The third-order valence-electron chi connectivity index (χ3n) is 5.84. The van der Waals surface area contributed by atoms with E-state index in [0.29, 0.717) is 16.3 Å². The zero-order chi connectivity index (χ0) is 23.1. The van der Waals surface area contributed by atoms with Crippen molar-refractivity contribution in [3.63, 3.8) is 0 Å². The highest BCUT2D eigenvalue weighted by Crippen LogP contribution is 2.27. The van der Waals surface area contributed by atoms with Crippen LogP contribution in [-0.4, -0.2) is 51.2 Å². The summed E-state index contributed by atoms with van der Waals surface area (Å²) < 4.78 is 1.56. The summed E-state index contributed by atoms with van der Waals surface area (Å²) in [6.07, 6.45) is 5.36. The maximum absolute atomic E-state index is 12.9. The van der Waals surface area contributed by atoms with E-state index in [0.717, 1.165) is 31.4 Å². The fourth-order valence-electron chi connectivity index (χ4n) is 4.01. The summed E-state index contributed by atoms with van der Waals surface area (Å²) in [6, 6.07) is 6.87. The Labute approximate surface area is 193 Å². The number of benzene rings is 1. The van der Waals surface area contributed by atoms with Crippen LogP contribution < -0.4 is 10.6 Å². The molecule has 4 N–H and O–H groups in total. The molecule has 1 aromatic carbocycles. The Hall–Kier alpha value is -2.42. The van der Waals surface area contributed by atoms with Crippen LogP contribution in [0.25, 0.3) is 11.3 Å². The molecule has 32 heavy (non-hydrogen) atoms. The number of aromatic nitrogens is 2. The number of hydrogen-bond acceptors (Lipinski definition) is 5. The first-order chi connectivity index (χ1) is 15.4. The number of nitrogens with one attached hydrogen (secondary N) is 2. The van der Waals surface area contributed by atoms with Gasteiger partial charge in [0.2, 0.25) is 5.91 Å². The van der Waals surface area contributed by atoms with Gasteiger partial charge in [-0.2, -0.15) is 5.10 Å². The standard InChI is InChI=1S/C23H31ClN4O4/c1-15-12-20(27-28(15)14-21(30)25-10-11-29)17-8-9-19(24)18(13-17)23(32)26-22(31)16-6-4-2-3-5-7-16/h8-9,12-13,16,22,29,31H,2-7,10-11,14H2,1H3,(H,25,30)(H,26,32). The van der Waals surface area contributed by atoms with E-state index in [-0.39, 0.29) is 37.1 Å². The second-order valence-electron chi connectivity index (χ2n) is 8.27. The van der Waals surface area contributed by atoms with E-state index < -0.39 is 12.1 Å². The summed E-state index contributed by atoms with van der Waals surface area (Å²) in [5.74, 6) is -0.618. The predicted octanol–water partition coefficient (Wildman–Crippen LogP) is 2.64. The number of hydrogen-bond donors (Lipinski definition) is 4. The van der Waals surface area contributed by atoms with Gasteiger partial charge in [0.15, 0.2) is 0 Å². The number of carbonyl (C=O) groups is 2. The van der Waals surface area contributed by atoms with Crippen LogP contribution in [0.3, 0.4) is 0 Å². The van der Waals surface area contributed by atoms with Crippen molar-refractivity contribution in [2.75, 3.05) is 13.2 Å². The highest BCUT2D eigenvalue weighted by Gasteiger charge is 2.24. The number of aliphatic hydroxyl groups excluding tert-OH is 2. The van der Waals surface area contributed by atoms with E-state index in [1.807, 2.05) is 13.0 Å². The van der Waals surface area contributed by atoms with E-state index in [9.17, 15) is 14.7 Å². The summed E-state index contributed by atoms with van der Waals surface area (Å²) in [7, 11) is 0. The lowest BCUT2D eigenvalue weighted by molar-refractivity contribution is -0.122. The number of aryl methyl sites for hydroxylation is 1. The Morgan fingerprint density at radius 2 is 1.94 bits per heavy atom. The molecule has 174 valence electrons. The van der Waals surface area contributed by atoms with Gasteiger partial charge in [0, 0.05) is 23.7 Å². The van der Waals surface area contributed by atoms with Gasteiger partial charge in [-0.3, -0.25) is 14.3 Å². The molecular weight excluding hydrogens is 432 g/mol. The van der Waals surface area contributed by atoms with E-state index in [1.54, 1.807) is 22.9 Å². The molecule has 1 unspecified atom stereocenters. The minimum atomic E-state index is -0.904. The van der Waals surface area contributed by atoms with Crippen LogP contribution in [0.4, 0.5) is 0 Å². The molecule has 3 rings (SSSR count). The van der Waals surface area contributed by atoms with Crippen molar-refractivity contribution in [2.24, 2.45) is 5.92 Å². The molecule has 1 aliphatic rings. The van der Waals surface area contributed by atoms with Crippen molar-refractivity contribution in [1.82, 2.24) is 20.4 Å². The molecule has 9 heteroatoms. The van der Waals surface area contributed by atoms with Gasteiger partial charge < -0.3 is 20.8 Å². The normalized spacial score (nSPS) is 15.8. The molecule has 8 nitrogen and oxygen atoms in total. The van der Waals surface area contributed by atoms with Crippen LogP contribution in [-0.2, 0) is 11.3 Å². The Morgan fingerprint density at radius 3 is 2.62 bits per heavy atom. The lowest BCUT2D eigenvalue weighted by atomic mass is 9.98. The molecule has 0 spiro atoms. The molecule has 1 saturated carbocycles. The van der Waals surface area contributed by atoms with Crippen LogP contribution in [0.5, 0.6) is 0 Å². The number of amides is 2. The third-order valence-corrected chi connectivity index (χ3v) is 6.17. The van der Waals surface area contributed by atoms with Gasteiger partial charge in [0.05, 0.1) is 22.9 Å². The lowest BCUT2D eigenvalue weighted by Crippen LogP contribution is -2.40. The van der Waals surface area contributed by atoms with E-state index in [4.69, 9.17) is 16.7 Å². The maximum Gasteiger partial charge on any atom is 0.254 e. The van der Waals surface area contributed by atoms with Crippen LogP contribution in [0, 0.1) is 12.8 Å². The quantitative estimate of drug-likeness (QED) is 0.355. The fraction of sp³-hybridized carbons (Fsp3) is 0.522. The first-order valence-electron chi connectivity index (χ1n) is 11.1. The average Bonchev–Trinajstić information content (AvgIpc) is 2.96. The predicted molar refractivity (Wildman–Crippen MR) is 122 cm³/mol. The smallest absolute Gasteiger partial charge is 0.254 e. The summed E-state index contributed by atoms with van der Waals surface area (Å²) in [5, 5.41) is 29.4. The van der Waals surface area contributed by atoms with Crippen molar-refractivity contribution in [3.05, 3.63) is 40.5 Å². The van der Waals surface area contributed by atoms with E-state index >= 15 is 0 Å². The summed E-state index contributed by atoms with van der Waals surface area (Å²) in [4.78, 5) is 24.8. The fourth-order valence-corrected chi connectivity index (χ4v) is 4.22. The minimum Gasteiger partial charge on any atom is -0.395 e. The van der Waals surface area contributed by atoms with Crippen LogP contribution in [0.15, 0.2) is 24.3 Å². The summed E-state index contributed by atoms with van der Waals surface area (Å²) >= 11 is 6.29. The maximum atomic E-state index is 12.9. The number of rotatable bonds is 8. The molecule has 1 aromatic heterocycles. The largest absolute Gasteiger partial charge is 0.395 e. The molecule has 1 atom stereocenters. The first kappa shape index (κ1) is 24.2. The Bertz CT molecular complexity index is 938. The molecule has 0 saturated heterocycles. The van der Waals surface area contributed by atoms with Gasteiger partial charge in [-0.15, -0.1) is 0 Å². The van der Waals surface area contributed by atoms with Gasteiger partial charge in [-0.1, -0.05) is 43.4 Å². The Kier molecular flexibility index (Phi) is 8.67. The second-order valence-corrected chi connectivity index (χ2v) is 8.67. The van der Waals surface area contributed by atoms with Gasteiger partial charge in [-0.05, 0) is 38.0 Å². The zero-order valence-corrected chi connectivity index (χ0v) is 19.1. The van der Waals surface area contributed by atoms with Gasteiger partial charge in [0.25, 0.3) is 5.91 Å². The number of carbonyl (C=O) groups excluding carboxylic acids is 2. The monoisotopic (exact) mass is 462 g/mol. The van der Waals surface area contributed by atoms with Gasteiger partial charge in [0.1, 0.15) is 12.8 Å². The second kappa shape index (κ2) is 11.4. The summed E-state index contributed by atoms with van der Waals surface area (Å²) in [6.45, 7) is 1.93. The average molecular weight is 463 g/mol. The summed E-state index contributed by atoms with van der Waals surface area (Å²) in [5.41, 5.74) is 2.34. The van der Waals surface area contributed by atoms with Gasteiger partial charge >= 0.3 is 0 Å². The minimum absolute atomic E-state index is 0.0281. The number of halogens is 1. The highest BCUT2D eigenvalue weighted by molar-refractivity contribution is 6.34. The highest BCUT2D eigenvalue weighted by atomic mass is 35.5. The van der Waals surface area contributed by atoms with Crippen LogP contribution in [0.2, 0.25) is 5.02 Å². The zero-order valence-electron chi connectivity index (χ0n) is 18.3. The van der Waals surface area contributed by atoms with Crippen LogP contribution >= 0.6 is 11.6 Å². The number of nitrogens with zero attached hydrogens (tertiary/aromatic N) is 2. The molecule has 2 aromatic rings. The van der Waals surface area contributed by atoms with Crippen molar-refractivity contribution >= 4 is 23.4 Å². The Morgan fingerprint density at radius 1 is 1.22 bits per heavy atom. The van der Waals surface area contributed by atoms with Crippen molar-refractivity contribution < 1.29 is 19.8 Å². The van der Waals surface area contributed by atoms with Crippen molar-refractivity contribution in [2.45, 2.75) is 58.2 Å². The van der Waals surface area contributed by atoms with Crippen molar-refractivity contribution in [1.29, 1.82) is 0 Å². The van der Waals surface area contributed by atoms with Crippen LogP contribution in [0.1, 0.15) is 54.6 Å². The van der Waals surface area contributed by atoms with Crippen molar-refractivity contribution in [3.8, 4) is 11.3 Å². The molecule has 2 amide bonds. The topological polar surface area (TPSA) is 116 Å². The van der Waals surface area contributed by atoms with Gasteiger partial charge in [-0.25, -0.2) is 0 Å². The number of aliphatic hydroxyl groups is 2. The third kappa shape index (κ3) is 6.31. The molecule has 0 bridgehead atoms. The SMILES string of the molecule is Cc1cc(-c2ccc(Cl)c(C(=O)NC(O)C3CCCCCC3)c2)nn1CC(=O)NCCO. The molecule has 0 radical (unpaired) electrons. The molecule has 1 fully saturated rings. The molecule has 1 aliphatic carbocycles. The van der Waals surface area contributed by atoms with E-state index in [2.05, 4.69) is 15.7 Å². The molecule has 0 aliphatic heterocycles. The lowest BCUT2D eigenvalue weighted by Gasteiger charge is -2.22. The molecule has 1 heterocycles. The Balaban J connectivity index is 1.73.